The van der Waals surface area contributed by atoms with Crippen molar-refractivity contribution in [3.05, 3.63) is 69.2 Å². The van der Waals surface area contributed by atoms with Gasteiger partial charge in [0.05, 0.1) is 16.8 Å². The summed E-state index contributed by atoms with van der Waals surface area (Å²) in [7, 11) is 0. The number of aromatic carboxylic acids is 1. The number of hydrogen-bond donors (Lipinski definition) is 1. The molecule has 0 bridgehead atoms. The second-order valence-corrected chi connectivity index (χ2v) is 8.81. The number of nitrogens with zero attached hydrogens (tertiary/aromatic N) is 2. The lowest BCUT2D eigenvalue weighted by molar-refractivity contribution is -0.138. The molecule has 2 aliphatic heterocycles. The second-order valence-electron chi connectivity index (χ2n) is 7.96. The third kappa shape index (κ3) is 4.77. The largest absolute Gasteiger partial charge is 0.478 e. The van der Waals surface area contributed by atoms with E-state index in [1.807, 2.05) is 0 Å². The highest BCUT2D eigenvalue weighted by Gasteiger charge is 2.42. The van der Waals surface area contributed by atoms with Gasteiger partial charge in [-0.3, -0.25) is 4.90 Å². The summed E-state index contributed by atoms with van der Waals surface area (Å²) in [6.45, 7) is 2.07. The number of carboxylic acids is 1. The van der Waals surface area contributed by atoms with Crippen molar-refractivity contribution < 1.29 is 27.9 Å². The molecule has 2 aliphatic rings. The topological polar surface area (TPSA) is 62.1 Å². The van der Waals surface area contributed by atoms with Crippen molar-refractivity contribution in [3.63, 3.8) is 0 Å². The third-order valence-electron chi connectivity index (χ3n) is 5.82. The fourth-order valence-electron chi connectivity index (χ4n) is 4.01. The van der Waals surface area contributed by atoms with E-state index in [9.17, 15) is 18.0 Å². The first-order chi connectivity index (χ1) is 14.7. The van der Waals surface area contributed by atoms with E-state index in [-0.39, 0.29) is 15.6 Å². The van der Waals surface area contributed by atoms with Crippen molar-refractivity contribution >= 4 is 27.6 Å². The van der Waals surface area contributed by atoms with Crippen molar-refractivity contribution in [3.8, 4) is 0 Å². The van der Waals surface area contributed by atoms with Gasteiger partial charge in [-0.2, -0.15) is 13.2 Å². The van der Waals surface area contributed by atoms with Gasteiger partial charge in [0.2, 0.25) is 0 Å². The van der Waals surface area contributed by atoms with Crippen LogP contribution >= 0.6 is 15.9 Å². The molecule has 2 aromatic rings. The molecule has 4 rings (SSSR count). The zero-order chi connectivity index (χ0) is 22.2. The second kappa shape index (κ2) is 8.27. The highest BCUT2D eigenvalue weighted by Crippen LogP contribution is 2.38. The smallest absolute Gasteiger partial charge is 0.417 e. The van der Waals surface area contributed by atoms with Gasteiger partial charge in [-0.05, 0) is 35.4 Å². The molecular formula is C22H20BrF3N2O3. The number of benzene rings is 2. The quantitative estimate of drug-likeness (QED) is 0.621. The Morgan fingerprint density at radius 1 is 1.16 bits per heavy atom. The summed E-state index contributed by atoms with van der Waals surface area (Å²) < 4.78 is 38.8. The minimum Gasteiger partial charge on any atom is -0.478 e. The van der Waals surface area contributed by atoms with Crippen molar-refractivity contribution in [1.29, 1.82) is 0 Å². The number of likely N-dealkylation sites (tertiary alicyclic amines) is 1. The Kier molecular flexibility index (Phi) is 5.83. The number of piperidine rings is 1. The van der Waals surface area contributed by atoms with Crippen LogP contribution in [0.1, 0.15) is 46.3 Å². The van der Waals surface area contributed by atoms with E-state index in [1.54, 1.807) is 24.3 Å². The normalized spacial score (nSPS) is 18.6. The van der Waals surface area contributed by atoms with Gasteiger partial charge in [-0.25, -0.2) is 4.79 Å². The number of alkyl halides is 3. The highest BCUT2D eigenvalue weighted by atomic mass is 79.9. The third-order valence-corrected chi connectivity index (χ3v) is 6.47. The minimum absolute atomic E-state index is 0.0528. The first-order valence-electron chi connectivity index (χ1n) is 9.82. The molecule has 1 fully saturated rings. The van der Waals surface area contributed by atoms with E-state index in [1.165, 1.54) is 12.1 Å². The fraction of sp³-hybridized carbons (Fsp3) is 0.364. The monoisotopic (exact) mass is 496 g/mol. The van der Waals surface area contributed by atoms with Gasteiger partial charge in [0.25, 0.3) is 0 Å². The Morgan fingerprint density at radius 3 is 2.42 bits per heavy atom. The average Bonchev–Trinajstić information content (AvgIpc) is 3.13. The van der Waals surface area contributed by atoms with Crippen LogP contribution in [-0.4, -0.2) is 40.4 Å². The summed E-state index contributed by atoms with van der Waals surface area (Å²) in [6, 6.07) is 10.7. The molecule has 5 nitrogen and oxygen atoms in total. The highest BCUT2D eigenvalue weighted by molar-refractivity contribution is 9.10. The van der Waals surface area contributed by atoms with Crippen molar-refractivity contribution in [2.75, 3.05) is 13.1 Å². The molecule has 2 heterocycles. The first-order valence-corrected chi connectivity index (χ1v) is 10.6. The summed E-state index contributed by atoms with van der Waals surface area (Å²) in [6.07, 6.45) is -2.20. The molecule has 164 valence electrons. The summed E-state index contributed by atoms with van der Waals surface area (Å²) in [4.78, 5) is 19.0. The van der Waals surface area contributed by atoms with Crippen LogP contribution in [0.3, 0.4) is 0 Å². The molecule has 2 aromatic carbocycles. The van der Waals surface area contributed by atoms with Crippen LogP contribution in [0.2, 0.25) is 0 Å². The Hall–Kier alpha value is -2.39. The number of rotatable bonds is 4. The van der Waals surface area contributed by atoms with Crippen LogP contribution in [0.25, 0.3) is 0 Å². The Bertz CT molecular complexity index is 1010. The molecule has 1 N–H and O–H groups in total. The number of carboxylic acid groups (broad SMARTS) is 1. The van der Waals surface area contributed by atoms with Crippen molar-refractivity contribution in [1.82, 2.24) is 4.90 Å². The average molecular weight is 497 g/mol. The standard InChI is InChI=1S/C22H20BrF3N2O3/c23-18-11-14(1-6-17(18)22(24,25)26)13-28-9-7-21(8-10-28)12-19(27-31-21)15-2-4-16(5-3-15)20(29)30/h1-6,11H,7-10,12-13H2,(H,29,30). The molecule has 0 aromatic heterocycles. The lowest BCUT2D eigenvalue weighted by Gasteiger charge is -2.37. The molecule has 9 heteroatoms. The Morgan fingerprint density at radius 2 is 1.84 bits per heavy atom. The van der Waals surface area contributed by atoms with E-state index in [0.717, 1.165) is 48.8 Å². The van der Waals surface area contributed by atoms with E-state index in [4.69, 9.17) is 9.94 Å². The maximum absolute atomic E-state index is 12.9. The zero-order valence-electron chi connectivity index (χ0n) is 16.5. The van der Waals surface area contributed by atoms with E-state index < -0.39 is 17.7 Å². The molecule has 0 saturated carbocycles. The number of halogens is 4. The van der Waals surface area contributed by atoms with Gasteiger partial charge in [0, 0.05) is 43.4 Å². The van der Waals surface area contributed by atoms with Gasteiger partial charge < -0.3 is 9.94 Å². The minimum atomic E-state index is -4.37. The Labute approximate surface area is 185 Å². The molecule has 0 unspecified atom stereocenters. The maximum Gasteiger partial charge on any atom is 0.417 e. The van der Waals surface area contributed by atoms with Gasteiger partial charge in [0.15, 0.2) is 0 Å². The molecule has 0 radical (unpaired) electrons. The summed E-state index contributed by atoms with van der Waals surface area (Å²) in [5, 5.41) is 13.3. The fourth-order valence-corrected chi connectivity index (χ4v) is 4.66. The van der Waals surface area contributed by atoms with Gasteiger partial charge >= 0.3 is 12.1 Å². The molecule has 1 spiro atoms. The van der Waals surface area contributed by atoms with Crippen LogP contribution in [0, 0.1) is 0 Å². The van der Waals surface area contributed by atoms with E-state index in [0.29, 0.717) is 13.0 Å². The molecular weight excluding hydrogens is 477 g/mol. The molecule has 0 atom stereocenters. The zero-order valence-corrected chi connectivity index (χ0v) is 18.0. The predicted octanol–water partition coefficient (Wildman–Crippen LogP) is 5.33. The van der Waals surface area contributed by atoms with Crippen molar-refractivity contribution in [2.45, 2.75) is 37.6 Å². The van der Waals surface area contributed by atoms with Crippen LogP contribution < -0.4 is 0 Å². The number of hydrogen-bond acceptors (Lipinski definition) is 4. The molecule has 31 heavy (non-hydrogen) atoms. The molecule has 1 saturated heterocycles. The van der Waals surface area contributed by atoms with Gasteiger partial charge in [-0.15, -0.1) is 0 Å². The summed E-state index contributed by atoms with van der Waals surface area (Å²) in [5.41, 5.74) is 1.64. The summed E-state index contributed by atoms with van der Waals surface area (Å²) >= 11 is 3.03. The molecule has 0 amide bonds. The van der Waals surface area contributed by atoms with Crippen LogP contribution in [0.15, 0.2) is 52.1 Å². The van der Waals surface area contributed by atoms with Crippen LogP contribution in [0.5, 0.6) is 0 Å². The first kappa shape index (κ1) is 21.8. The molecule has 0 aliphatic carbocycles. The van der Waals surface area contributed by atoms with E-state index >= 15 is 0 Å². The van der Waals surface area contributed by atoms with Crippen LogP contribution in [-0.2, 0) is 17.6 Å². The maximum atomic E-state index is 12.9. The lowest BCUT2D eigenvalue weighted by atomic mass is 9.85. The van der Waals surface area contributed by atoms with Crippen molar-refractivity contribution in [2.24, 2.45) is 5.16 Å². The van der Waals surface area contributed by atoms with Gasteiger partial charge in [0.1, 0.15) is 5.60 Å². The number of oxime groups is 1. The lowest BCUT2D eigenvalue weighted by Crippen LogP contribution is -2.44. The van der Waals surface area contributed by atoms with Gasteiger partial charge in [-0.1, -0.05) is 39.3 Å². The SMILES string of the molecule is O=C(O)c1ccc(C2=NOC3(CCN(Cc4ccc(C(F)(F)F)c(Br)c4)CC3)C2)cc1. The van der Waals surface area contributed by atoms with Crippen LogP contribution in [0.4, 0.5) is 13.2 Å². The summed E-state index contributed by atoms with van der Waals surface area (Å²) in [5.74, 6) is -0.972. The predicted molar refractivity (Wildman–Crippen MR) is 112 cm³/mol. The van der Waals surface area contributed by atoms with E-state index in [2.05, 4.69) is 26.0 Å². The Balaban J connectivity index is 1.34. The number of carbonyl (C=O) groups is 1.